The lowest BCUT2D eigenvalue weighted by atomic mass is 10.00. The maximum atomic E-state index is 3.63. The van der Waals surface area contributed by atoms with E-state index in [9.17, 15) is 0 Å². The second-order valence-electron chi connectivity index (χ2n) is 3.60. The van der Waals surface area contributed by atoms with Gasteiger partial charge in [0, 0.05) is 11.4 Å². The van der Waals surface area contributed by atoms with E-state index in [1.54, 1.807) is 11.3 Å². The van der Waals surface area contributed by atoms with E-state index in [2.05, 4.69) is 44.1 Å². The van der Waals surface area contributed by atoms with Crippen molar-refractivity contribution in [3.63, 3.8) is 0 Å². The molecular formula is C11H10BrNS2. The number of rotatable bonds is 1. The SMILES string of the molecule is Brc1sccc1C1NCCc2ccsc21. The van der Waals surface area contributed by atoms with E-state index in [1.807, 2.05) is 11.3 Å². The maximum Gasteiger partial charge on any atom is 0.0749 e. The Labute approximate surface area is 105 Å². The molecule has 3 heterocycles. The van der Waals surface area contributed by atoms with E-state index in [1.165, 1.54) is 19.8 Å². The smallest absolute Gasteiger partial charge is 0.0749 e. The van der Waals surface area contributed by atoms with Crippen LogP contribution in [0.25, 0.3) is 0 Å². The standard InChI is InChI=1S/C11H10BrNS2/c12-11-8(3-6-15-11)9-10-7(1-4-13-9)2-5-14-10/h2-3,5-6,9,13H,1,4H2. The molecule has 0 spiro atoms. The summed E-state index contributed by atoms with van der Waals surface area (Å²) in [4.78, 5) is 1.49. The minimum atomic E-state index is 0.398. The van der Waals surface area contributed by atoms with Gasteiger partial charge in [-0.1, -0.05) is 0 Å². The fraction of sp³-hybridized carbons (Fsp3) is 0.273. The summed E-state index contributed by atoms with van der Waals surface area (Å²) >= 11 is 7.24. The first kappa shape index (κ1) is 10.0. The van der Waals surface area contributed by atoms with Crippen LogP contribution in [0.1, 0.15) is 22.0 Å². The van der Waals surface area contributed by atoms with Gasteiger partial charge in [-0.2, -0.15) is 0 Å². The molecule has 2 aromatic rings. The number of halogens is 1. The molecule has 78 valence electrons. The highest BCUT2D eigenvalue weighted by atomic mass is 79.9. The molecule has 1 N–H and O–H groups in total. The van der Waals surface area contributed by atoms with Crippen LogP contribution >= 0.6 is 38.6 Å². The molecule has 1 unspecified atom stereocenters. The van der Waals surface area contributed by atoms with E-state index in [4.69, 9.17) is 0 Å². The molecular weight excluding hydrogens is 290 g/mol. The lowest BCUT2D eigenvalue weighted by Crippen LogP contribution is -2.29. The second kappa shape index (κ2) is 4.01. The zero-order valence-electron chi connectivity index (χ0n) is 8.00. The molecule has 1 aliphatic heterocycles. The number of hydrogen-bond donors (Lipinski definition) is 1. The first-order valence-corrected chi connectivity index (χ1v) is 7.44. The van der Waals surface area contributed by atoms with Gasteiger partial charge in [0.15, 0.2) is 0 Å². The van der Waals surface area contributed by atoms with Gasteiger partial charge in [-0.25, -0.2) is 0 Å². The van der Waals surface area contributed by atoms with Gasteiger partial charge in [-0.05, 0) is 56.4 Å². The van der Waals surface area contributed by atoms with Crippen LogP contribution in [-0.4, -0.2) is 6.54 Å². The fourth-order valence-corrected chi connectivity index (χ4v) is 4.40. The summed E-state index contributed by atoms with van der Waals surface area (Å²) in [5, 5.41) is 7.93. The van der Waals surface area contributed by atoms with E-state index in [-0.39, 0.29) is 0 Å². The van der Waals surface area contributed by atoms with Crippen LogP contribution in [0.2, 0.25) is 0 Å². The monoisotopic (exact) mass is 299 g/mol. The maximum absolute atomic E-state index is 3.63. The van der Waals surface area contributed by atoms with Gasteiger partial charge in [-0.15, -0.1) is 22.7 Å². The first-order valence-electron chi connectivity index (χ1n) is 4.89. The molecule has 2 aromatic heterocycles. The molecule has 0 bridgehead atoms. The minimum Gasteiger partial charge on any atom is -0.305 e. The number of hydrogen-bond acceptors (Lipinski definition) is 3. The molecule has 0 aliphatic carbocycles. The summed E-state index contributed by atoms with van der Waals surface area (Å²) in [6.07, 6.45) is 1.16. The van der Waals surface area contributed by atoms with Crippen molar-refractivity contribution in [2.24, 2.45) is 0 Å². The molecule has 1 atom stereocenters. The summed E-state index contributed by atoms with van der Waals surface area (Å²) in [5.41, 5.74) is 2.89. The number of fused-ring (bicyclic) bond motifs is 1. The number of thiophene rings is 2. The third-order valence-corrected chi connectivity index (χ3v) is 5.50. The van der Waals surface area contributed by atoms with Crippen LogP contribution in [0.3, 0.4) is 0 Å². The molecule has 0 radical (unpaired) electrons. The lowest BCUT2D eigenvalue weighted by Gasteiger charge is -2.23. The Morgan fingerprint density at radius 3 is 2.93 bits per heavy atom. The van der Waals surface area contributed by atoms with Crippen molar-refractivity contribution in [3.05, 3.63) is 42.7 Å². The van der Waals surface area contributed by atoms with Gasteiger partial charge < -0.3 is 5.32 Å². The Morgan fingerprint density at radius 2 is 2.13 bits per heavy atom. The molecule has 3 rings (SSSR count). The minimum absolute atomic E-state index is 0.398. The van der Waals surface area contributed by atoms with Gasteiger partial charge in [0.1, 0.15) is 0 Å². The largest absolute Gasteiger partial charge is 0.305 e. The van der Waals surface area contributed by atoms with E-state index >= 15 is 0 Å². The van der Waals surface area contributed by atoms with Crippen LogP contribution in [0.5, 0.6) is 0 Å². The van der Waals surface area contributed by atoms with E-state index in [0.29, 0.717) is 6.04 Å². The van der Waals surface area contributed by atoms with Crippen molar-refractivity contribution in [2.75, 3.05) is 6.54 Å². The van der Waals surface area contributed by atoms with Gasteiger partial charge >= 0.3 is 0 Å². The molecule has 15 heavy (non-hydrogen) atoms. The van der Waals surface area contributed by atoms with Crippen LogP contribution < -0.4 is 5.32 Å². The van der Waals surface area contributed by atoms with E-state index in [0.717, 1.165) is 13.0 Å². The zero-order valence-corrected chi connectivity index (χ0v) is 11.2. The average molecular weight is 300 g/mol. The van der Waals surface area contributed by atoms with Gasteiger partial charge in [-0.3, -0.25) is 0 Å². The Hall–Kier alpha value is -0.160. The van der Waals surface area contributed by atoms with Crippen molar-refractivity contribution in [2.45, 2.75) is 12.5 Å². The van der Waals surface area contributed by atoms with Gasteiger partial charge in [0.2, 0.25) is 0 Å². The second-order valence-corrected chi connectivity index (χ2v) is 6.78. The molecule has 1 nitrogen and oxygen atoms in total. The quantitative estimate of drug-likeness (QED) is 0.844. The van der Waals surface area contributed by atoms with Crippen LogP contribution in [0.15, 0.2) is 26.7 Å². The molecule has 0 aromatic carbocycles. The lowest BCUT2D eigenvalue weighted by molar-refractivity contribution is 0.578. The highest BCUT2D eigenvalue weighted by molar-refractivity contribution is 9.11. The molecule has 0 fully saturated rings. The average Bonchev–Trinajstić information content (AvgIpc) is 2.85. The first-order chi connectivity index (χ1) is 7.36. The Balaban J connectivity index is 2.07. The van der Waals surface area contributed by atoms with Crippen molar-refractivity contribution in [1.82, 2.24) is 5.32 Å². The summed E-state index contributed by atoms with van der Waals surface area (Å²) in [6, 6.07) is 4.87. The third-order valence-electron chi connectivity index (χ3n) is 2.74. The molecule has 0 saturated heterocycles. The van der Waals surface area contributed by atoms with Crippen molar-refractivity contribution < 1.29 is 0 Å². The Kier molecular flexibility index (Phi) is 2.68. The van der Waals surface area contributed by atoms with Gasteiger partial charge in [0.05, 0.1) is 9.83 Å². The van der Waals surface area contributed by atoms with Crippen LogP contribution in [0.4, 0.5) is 0 Å². The van der Waals surface area contributed by atoms with Gasteiger partial charge in [0.25, 0.3) is 0 Å². The normalized spacial score (nSPS) is 20.2. The topological polar surface area (TPSA) is 12.0 Å². The summed E-state index contributed by atoms with van der Waals surface area (Å²) in [6.45, 7) is 1.08. The third kappa shape index (κ3) is 1.69. The zero-order chi connectivity index (χ0) is 10.3. The molecule has 1 aliphatic rings. The van der Waals surface area contributed by atoms with Crippen molar-refractivity contribution >= 4 is 38.6 Å². The van der Waals surface area contributed by atoms with Crippen LogP contribution in [0, 0.1) is 0 Å². The highest BCUT2D eigenvalue weighted by Crippen LogP contribution is 2.37. The Morgan fingerprint density at radius 1 is 1.27 bits per heavy atom. The van der Waals surface area contributed by atoms with E-state index < -0.39 is 0 Å². The highest BCUT2D eigenvalue weighted by Gasteiger charge is 2.24. The number of nitrogens with one attached hydrogen (secondary N) is 1. The summed E-state index contributed by atoms with van der Waals surface area (Å²) < 4.78 is 1.25. The molecule has 0 amide bonds. The molecule has 4 heteroatoms. The van der Waals surface area contributed by atoms with Crippen molar-refractivity contribution in [3.8, 4) is 0 Å². The summed E-state index contributed by atoms with van der Waals surface area (Å²) in [5.74, 6) is 0. The molecule has 0 saturated carbocycles. The predicted octanol–water partition coefficient (Wildman–Crippen LogP) is 3.81. The Bertz CT molecular complexity index is 474. The fourth-order valence-electron chi connectivity index (χ4n) is 2.01. The summed E-state index contributed by atoms with van der Waals surface area (Å²) in [7, 11) is 0. The predicted molar refractivity (Wildman–Crippen MR) is 69.9 cm³/mol. The van der Waals surface area contributed by atoms with Crippen LogP contribution in [-0.2, 0) is 6.42 Å². The van der Waals surface area contributed by atoms with Crippen molar-refractivity contribution in [1.29, 1.82) is 0 Å².